The van der Waals surface area contributed by atoms with Gasteiger partial charge in [-0.15, -0.1) is 0 Å². The SMILES string of the molecule is C[C@@H](NCc1c(Cl)cccc1Cl)c1ccccn1. The van der Waals surface area contributed by atoms with Crippen molar-refractivity contribution in [1.82, 2.24) is 10.3 Å². The predicted molar refractivity (Wildman–Crippen MR) is 76.0 cm³/mol. The van der Waals surface area contributed by atoms with Crippen LogP contribution in [0.5, 0.6) is 0 Å². The molecule has 0 aliphatic carbocycles. The fraction of sp³-hybridized carbons (Fsp3) is 0.214. The molecular formula is C14H14Cl2N2. The van der Waals surface area contributed by atoms with Gasteiger partial charge < -0.3 is 5.32 Å². The van der Waals surface area contributed by atoms with Gasteiger partial charge >= 0.3 is 0 Å². The summed E-state index contributed by atoms with van der Waals surface area (Å²) in [4.78, 5) is 4.31. The highest BCUT2D eigenvalue weighted by atomic mass is 35.5. The second kappa shape index (κ2) is 6.19. The zero-order chi connectivity index (χ0) is 13.0. The van der Waals surface area contributed by atoms with Crippen molar-refractivity contribution in [3.05, 3.63) is 63.9 Å². The van der Waals surface area contributed by atoms with Gasteiger partial charge in [-0.2, -0.15) is 0 Å². The highest BCUT2D eigenvalue weighted by Gasteiger charge is 2.09. The maximum Gasteiger partial charge on any atom is 0.0570 e. The van der Waals surface area contributed by atoms with Crippen LogP contribution < -0.4 is 5.32 Å². The van der Waals surface area contributed by atoms with Crippen LogP contribution in [-0.2, 0) is 6.54 Å². The average molecular weight is 281 g/mol. The van der Waals surface area contributed by atoms with E-state index in [4.69, 9.17) is 23.2 Å². The molecule has 2 aromatic rings. The van der Waals surface area contributed by atoms with Gasteiger partial charge in [0.05, 0.1) is 5.69 Å². The Kier molecular flexibility index (Phi) is 4.59. The fourth-order valence-electron chi connectivity index (χ4n) is 1.69. The third kappa shape index (κ3) is 3.22. The molecule has 0 saturated heterocycles. The molecule has 1 heterocycles. The van der Waals surface area contributed by atoms with E-state index in [1.54, 1.807) is 6.20 Å². The highest BCUT2D eigenvalue weighted by molar-refractivity contribution is 6.35. The zero-order valence-electron chi connectivity index (χ0n) is 10.0. The number of halogens is 2. The Balaban J connectivity index is 2.04. The lowest BCUT2D eigenvalue weighted by Crippen LogP contribution is -2.19. The zero-order valence-corrected chi connectivity index (χ0v) is 11.5. The van der Waals surface area contributed by atoms with E-state index in [9.17, 15) is 0 Å². The summed E-state index contributed by atoms with van der Waals surface area (Å²) in [7, 11) is 0. The Morgan fingerprint density at radius 2 is 1.83 bits per heavy atom. The van der Waals surface area contributed by atoms with Gasteiger partial charge in [0.25, 0.3) is 0 Å². The monoisotopic (exact) mass is 280 g/mol. The summed E-state index contributed by atoms with van der Waals surface area (Å²) in [5.74, 6) is 0. The molecule has 2 nitrogen and oxygen atoms in total. The minimum Gasteiger partial charge on any atom is -0.305 e. The van der Waals surface area contributed by atoms with Crippen LogP contribution in [0.1, 0.15) is 24.2 Å². The first-order valence-electron chi connectivity index (χ1n) is 5.75. The van der Waals surface area contributed by atoms with E-state index in [0.717, 1.165) is 11.3 Å². The Labute approximate surface area is 117 Å². The first-order chi connectivity index (χ1) is 8.68. The number of hydrogen-bond donors (Lipinski definition) is 1. The quantitative estimate of drug-likeness (QED) is 0.906. The number of benzene rings is 1. The largest absolute Gasteiger partial charge is 0.305 e. The van der Waals surface area contributed by atoms with Gasteiger partial charge in [-0.25, -0.2) is 0 Å². The summed E-state index contributed by atoms with van der Waals surface area (Å²) in [5.41, 5.74) is 1.92. The van der Waals surface area contributed by atoms with Gasteiger partial charge in [0, 0.05) is 34.4 Å². The number of rotatable bonds is 4. The summed E-state index contributed by atoms with van der Waals surface area (Å²) in [5, 5.41) is 4.73. The molecule has 0 fully saturated rings. The summed E-state index contributed by atoms with van der Waals surface area (Å²) in [6.45, 7) is 2.68. The first kappa shape index (κ1) is 13.3. The minimum atomic E-state index is 0.151. The van der Waals surface area contributed by atoms with Crippen LogP contribution >= 0.6 is 23.2 Å². The summed E-state index contributed by atoms with van der Waals surface area (Å²) in [6.07, 6.45) is 1.79. The Morgan fingerprint density at radius 3 is 2.44 bits per heavy atom. The number of hydrogen-bond acceptors (Lipinski definition) is 2. The molecule has 2 rings (SSSR count). The van der Waals surface area contributed by atoms with Crippen LogP contribution in [0.15, 0.2) is 42.6 Å². The van der Waals surface area contributed by atoms with Crippen molar-refractivity contribution in [3.8, 4) is 0 Å². The standard InChI is InChI=1S/C14H14Cl2N2/c1-10(14-7-2-3-8-17-14)18-9-11-12(15)5-4-6-13(11)16/h2-8,10,18H,9H2,1H3/t10-/m1/s1. The molecule has 0 spiro atoms. The Morgan fingerprint density at radius 1 is 1.11 bits per heavy atom. The summed E-state index contributed by atoms with van der Waals surface area (Å²) >= 11 is 12.2. The molecule has 0 aliphatic heterocycles. The molecule has 1 aromatic carbocycles. The molecule has 0 radical (unpaired) electrons. The van der Waals surface area contributed by atoms with Crippen LogP contribution in [0.3, 0.4) is 0 Å². The first-order valence-corrected chi connectivity index (χ1v) is 6.51. The van der Waals surface area contributed by atoms with E-state index in [0.29, 0.717) is 16.6 Å². The van der Waals surface area contributed by atoms with E-state index in [-0.39, 0.29) is 6.04 Å². The van der Waals surface area contributed by atoms with Crippen molar-refractivity contribution in [1.29, 1.82) is 0 Å². The second-order valence-corrected chi connectivity index (χ2v) is 4.87. The maximum absolute atomic E-state index is 6.12. The van der Waals surface area contributed by atoms with Crippen LogP contribution in [0, 0.1) is 0 Å². The maximum atomic E-state index is 6.12. The molecule has 0 bridgehead atoms. The van der Waals surface area contributed by atoms with Gasteiger partial charge in [0.15, 0.2) is 0 Å². The van der Waals surface area contributed by atoms with E-state index >= 15 is 0 Å². The molecule has 0 aliphatic rings. The third-order valence-corrected chi connectivity index (χ3v) is 3.49. The van der Waals surface area contributed by atoms with Crippen LogP contribution in [0.2, 0.25) is 10.0 Å². The van der Waals surface area contributed by atoms with Crippen molar-refractivity contribution in [2.75, 3.05) is 0 Å². The van der Waals surface area contributed by atoms with E-state index in [2.05, 4.69) is 17.2 Å². The normalized spacial score (nSPS) is 12.4. The predicted octanol–water partition coefficient (Wildman–Crippen LogP) is 4.24. The molecule has 1 atom stereocenters. The Hall–Kier alpha value is -1.09. The van der Waals surface area contributed by atoms with Crippen molar-refractivity contribution < 1.29 is 0 Å². The minimum absolute atomic E-state index is 0.151. The highest BCUT2D eigenvalue weighted by Crippen LogP contribution is 2.24. The van der Waals surface area contributed by atoms with Gasteiger partial charge in [0.1, 0.15) is 0 Å². The molecule has 0 amide bonds. The molecular weight excluding hydrogens is 267 g/mol. The number of nitrogens with one attached hydrogen (secondary N) is 1. The third-order valence-electron chi connectivity index (χ3n) is 2.78. The molecule has 0 saturated carbocycles. The lowest BCUT2D eigenvalue weighted by Gasteiger charge is -2.14. The second-order valence-electron chi connectivity index (χ2n) is 4.06. The lowest BCUT2D eigenvalue weighted by atomic mass is 10.1. The van der Waals surface area contributed by atoms with Gasteiger partial charge in [-0.3, -0.25) is 4.98 Å². The topological polar surface area (TPSA) is 24.9 Å². The lowest BCUT2D eigenvalue weighted by molar-refractivity contribution is 0.562. The molecule has 4 heteroatoms. The average Bonchev–Trinajstić information content (AvgIpc) is 2.39. The van der Waals surface area contributed by atoms with Crippen molar-refractivity contribution in [2.24, 2.45) is 0 Å². The van der Waals surface area contributed by atoms with Crippen molar-refractivity contribution in [2.45, 2.75) is 19.5 Å². The van der Waals surface area contributed by atoms with E-state index < -0.39 is 0 Å². The molecule has 18 heavy (non-hydrogen) atoms. The van der Waals surface area contributed by atoms with Crippen LogP contribution in [0.25, 0.3) is 0 Å². The number of pyridine rings is 1. The van der Waals surface area contributed by atoms with Crippen molar-refractivity contribution in [3.63, 3.8) is 0 Å². The van der Waals surface area contributed by atoms with Crippen molar-refractivity contribution >= 4 is 23.2 Å². The van der Waals surface area contributed by atoms with E-state index in [1.165, 1.54) is 0 Å². The molecule has 1 N–H and O–H groups in total. The smallest absolute Gasteiger partial charge is 0.0570 e. The molecule has 94 valence electrons. The van der Waals surface area contributed by atoms with Gasteiger partial charge in [0.2, 0.25) is 0 Å². The number of aromatic nitrogens is 1. The Bertz CT molecular complexity index is 494. The van der Waals surface area contributed by atoms with E-state index in [1.807, 2.05) is 36.4 Å². The van der Waals surface area contributed by atoms with Crippen LogP contribution in [-0.4, -0.2) is 4.98 Å². The summed E-state index contributed by atoms with van der Waals surface area (Å²) in [6, 6.07) is 11.6. The fourth-order valence-corrected chi connectivity index (χ4v) is 2.22. The molecule has 1 aromatic heterocycles. The van der Waals surface area contributed by atoms with Gasteiger partial charge in [-0.1, -0.05) is 35.3 Å². The summed E-state index contributed by atoms with van der Waals surface area (Å²) < 4.78 is 0. The molecule has 0 unspecified atom stereocenters. The number of nitrogens with zero attached hydrogens (tertiary/aromatic N) is 1. The van der Waals surface area contributed by atoms with Gasteiger partial charge in [-0.05, 0) is 31.2 Å². The van der Waals surface area contributed by atoms with Crippen LogP contribution in [0.4, 0.5) is 0 Å².